The number of carbonyl (C=O) groups is 1. The summed E-state index contributed by atoms with van der Waals surface area (Å²) in [7, 11) is 0. The van der Waals surface area contributed by atoms with E-state index in [4.69, 9.17) is 4.74 Å². The van der Waals surface area contributed by atoms with Crippen LogP contribution >= 0.6 is 0 Å². The Bertz CT molecular complexity index is 1250. The molecule has 0 N–H and O–H groups in total. The third kappa shape index (κ3) is 6.19. The van der Waals surface area contributed by atoms with Crippen LogP contribution in [-0.4, -0.2) is 12.6 Å². The lowest BCUT2D eigenvalue weighted by molar-refractivity contribution is -0.143. The van der Waals surface area contributed by atoms with Crippen molar-refractivity contribution in [2.45, 2.75) is 40.0 Å². The second-order valence-electron chi connectivity index (χ2n) is 8.90. The van der Waals surface area contributed by atoms with Crippen LogP contribution in [0.4, 0.5) is 17.1 Å². The molecule has 0 spiro atoms. The fourth-order valence-corrected chi connectivity index (χ4v) is 4.09. The molecule has 4 rings (SSSR count). The van der Waals surface area contributed by atoms with Gasteiger partial charge in [0.2, 0.25) is 0 Å². The third-order valence-corrected chi connectivity index (χ3v) is 6.26. The SMILES string of the molecule is CCCOC(=O)CCc1ccc(N(c2ccc(-c3ccccc3)cc2)c2ccc(C)c(C)c2)cc1. The molecule has 0 unspecified atom stereocenters. The van der Waals surface area contributed by atoms with Crippen LogP contribution < -0.4 is 4.90 Å². The summed E-state index contributed by atoms with van der Waals surface area (Å²) in [6.07, 6.45) is 1.93. The highest BCUT2D eigenvalue weighted by atomic mass is 16.5. The third-order valence-electron chi connectivity index (χ3n) is 6.26. The van der Waals surface area contributed by atoms with Gasteiger partial charge >= 0.3 is 5.97 Å². The Morgan fingerprint density at radius 2 is 1.31 bits per heavy atom. The van der Waals surface area contributed by atoms with Gasteiger partial charge in [-0.05, 0) is 90.9 Å². The summed E-state index contributed by atoms with van der Waals surface area (Å²) < 4.78 is 5.21. The van der Waals surface area contributed by atoms with Gasteiger partial charge in [0.05, 0.1) is 6.61 Å². The smallest absolute Gasteiger partial charge is 0.306 e. The molecule has 35 heavy (non-hydrogen) atoms. The summed E-state index contributed by atoms with van der Waals surface area (Å²) in [4.78, 5) is 14.2. The van der Waals surface area contributed by atoms with E-state index in [0.29, 0.717) is 19.4 Å². The zero-order chi connectivity index (χ0) is 24.6. The van der Waals surface area contributed by atoms with E-state index in [0.717, 1.165) is 29.0 Å². The van der Waals surface area contributed by atoms with Crippen molar-refractivity contribution in [3.63, 3.8) is 0 Å². The molecule has 3 heteroatoms. The molecule has 0 aliphatic heterocycles. The predicted molar refractivity (Wildman–Crippen MR) is 146 cm³/mol. The van der Waals surface area contributed by atoms with Gasteiger partial charge in [-0.15, -0.1) is 0 Å². The van der Waals surface area contributed by atoms with Gasteiger partial charge < -0.3 is 9.64 Å². The fourth-order valence-electron chi connectivity index (χ4n) is 4.09. The number of aryl methyl sites for hydroxylation is 3. The first-order valence-corrected chi connectivity index (χ1v) is 12.3. The highest BCUT2D eigenvalue weighted by Crippen LogP contribution is 2.36. The van der Waals surface area contributed by atoms with Crippen LogP contribution in [0.25, 0.3) is 11.1 Å². The van der Waals surface area contributed by atoms with Crippen LogP contribution in [0.3, 0.4) is 0 Å². The van der Waals surface area contributed by atoms with Gasteiger partial charge in [0.1, 0.15) is 0 Å². The average Bonchev–Trinajstić information content (AvgIpc) is 2.90. The molecule has 3 nitrogen and oxygen atoms in total. The van der Waals surface area contributed by atoms with E-state index in [1.54, 1.807) is 0 Å². The molecule has 0 radical (unpaired) electrons. The minimum absolute atomic E-state index is 0.133. The maximum absolute atomic E-state index is 11.9. The van der Waals surface area contributed by atoms with Gasteiger partial charge in [0, 0.05) is 23.5 Å². The Balaban J connectivity index is 1.61. The fraction of sp³-hybridized carbons (Fsp3) is 0.219. The number of nitrogens with zero attached hydrogens (tertiary/aromatic N) is 1. The first kappa shape index (κ1) is 24.3. The minimum atomic E-state index is -0.133. The quantitative estimate of drug-likeness (QED) is 0.234. The van der Waals surface area contributed by atoms with Crippen molar-refractivity contribution in [2.75, 3.05) is 11.5 Å². The number of esters is 1. The molecule has 0 saturated carbocycles. The molecule has 0 bridgehead atoms. The summed E-state index contributed by atoms with van der Waals surface area (Å²) in [5, 5.41) is 0. The second-order valence-corrected chi connectivity index (χ2v) is 8.90. The van der Waals surface area contributed by atoms with Gasteiger partial charge in [-0.3, -0.25) is 4.79 Å². The Morgan fingerprint density at radius 1 is 0.714 bits per heavy atom. The first-order chi connectivity index (χ1) is 17.0. The molecule has 0 atom stereocenters. The predicted octanol–water partition coefficient (Wildman–Crippen LogP) is 8.33. The number of anilines is 3. The number of ether oxygens (including phenoxy) is 1. The van der Waals surface area contributed by atoms with Gasteiger partial charge in [0.15, 0.2) is 0 Å². The van der Waals surface area contributed by atoms with Gasteiger partial charge in [-0.25, -0.2) is 0 Å². The van der Waals surface area contributed by atoms with Crippen LogP contribution in [0.15, 0.2) is 97.1 Å². The Hall–Kier alpha value is -3.85. The first-order valence-electron chi connectivity index (χ1n) is 12.3. The summed E-state index contributed by atoms with van der Waals surface area (Å²) in [5.41, 5.74) is 9.37. The molecule has 0 aromatic heterocycles. The normalized spacial score (nSPS) is 10.7. The van der Waals surface area contributed by atoms with Crippen molar-refractivity contribution in [1.29, 1.82) is 0 Å². The molecule has 0 aliphatic carbocycles. The van der Waals surface area contributed by atoms with Crippen LogP contribution in [0.5, 0.6) is 0 Å². The molecule has 4 aromatic rings. The maximum Gasteiger partial charge on any atom is 0.306 e. The van der Waals surface area contributed by atoms with E-state index in [1.807, 2.05) is 13.0 Å². The van der Waals surface area contributed by atoms with Gasteiger partial charge in [-0.2, -0.15) is 0 Å². The summed E-state index contributed by atoms with van der Waals surface area (Å²) in [6, 6.07) is 34.2. The Kier molecular flexibility index (Phi) is 7.99. The van der Waals surface area contributed by atoms with E-state index in [-0.39, 0.29) is 5.97 Å². The van der Waals surface area contributed by atoms with Crippen molar-refractivity contribution in [1.82, 2.24) is 0 Å². The minimum Gasteiger partial charge on any atom is -0.466 e. The van der Waals surface area contributed by atoms with E-state index in [2.05, 4.69) is 110 Å². The standard InChI is InChI=1S/C32H33NO2/c1-4-22-35-32(34)21-13-26-11-17-29(18-12-26)33(31-16-10-24(2)25(3)23-31)30-19-14-28(15-20-30)27-8-6-5-7-9-27/h5-12,14-20,23H,4,13,21-22H2,1-3H3. The van der Waals surface area contributed by atoms with Crippen LogP contribution in [0.2, 0.25) is 0 Å². The monoisotopic (exact) mass is 463 g/mol. The molecular weight excluding hydrogens is 430 g/mol. The van der Waals surface area contributed by atoms with E-state index in [9.17, 15) is 4.79 Å². The van der Waals surface area contributed by atoms with Crippen LogP contribution in [0, 0.1) is 13.8 Å². The zero-order valence-corrected chi connectivity index (χ0v) is 20.8. The zero-order valence-electron chi connectivity index (χ0n) is 20.8. The molecule has 178 valence electrons. The van der Waals surface area contributed by atoms with E-state index >= 15 is 0 Å². The largest absolute Gasteiger partial charge is 0.466 e. The van der Waals surface area contributed by atoms with Crippen molar-refractivity contribution >= 4 is 23.0 Å². The van der Waals surface area contributed by atoms with Crippen molar-refractivity contribution in [2.24, 2.45) is 0 Å². The lowest BCUT2D eigenvalue weighted by Gasteiger charge is -2.26. The summed E-state index contributed by atoms with van der Waals surface area (Å²) >= 11 is 0. The molecule has 0 saturated heterocycles. The number of hydrogen-bond donors (Lipinski definition) is 0. The van der Waals surface area contributed by atoms with E-state index in [1.165, 1.54) is 22.3 Å². The number of hydrogen-bond acceptors (Lipinski definition) is 3. The molecule has 0 fully saturated rings. The highest BCUT2D eigenvalue weighted by molar-refractivity contribution is 5.79. The second kappa shape index (κ2) is 11.5. The molecular formula is C32H33NO2. The van der Waals surface area contributed by atoms with E-state index < -0.39 is 0 Å². The lowest BCUT2D eigenvalue weighted by atomic mass is 10.0. The average molecular weight is 464 g/mol. The van der Waals surface area contributed by atoms with Crippen LogP contribution in [0.1, 0.15) is 36.5 Å². The molecule has 4 aromatic carbocycles. The van der Waals surface area contributed by atoms with Crippen molar-refractivity contribution < 1.29 is 9.53 Å². The molecule has 0 aliphatic rings. The van der Waals surface area contributed by atoms with Crippen LogP contribution in [-0.2, 0) is 16.0 Å². The number of carbonyl (C=O) groups excluding carboxylic acids is 1. The number of rotatable bonds is 9. The Morgan fingerprint density at radius 3 is 1.94 bits per heavy atom. The summed E-state index contributed by atoms with van der Waals surface area (Å²) in [5.74, 6) is -0.133. The molecule has 0 amide bonds. The summed E-state index contributed by atoms with van der Waals surface area (Å²) in [6.45, 7) is 6.78. The lowest BCUT2D eigenvalue weighted by Crippen LogP contribution is -2.10. The molecule has 0 heterocycles. The highest BCUT2D eigenvalue weighted by Gasteiger charge is 2.14. The Labute approximate surface area is 209 Å². The van der Waals surface area contributed by atoms with Gasteiger partial charge in [0.25, 0.3) is 0 Å². The van der Waals surface area contributed by atoms with Crippen molar-refractivity contribution in [3.05, 3.63) is 114 Å². The van der Waals surface area contributed by atoms with Gasteiger partial charge in [-0.1, -0.05) is 67.6 Å². The topological polar surface area (TPSA) is 29.5 Å². The maximum atomic E-state index is 11.9. The van der Waals surface area contributed by atoms with Crippen molar-refractivity contribution in [3.8, 4) is 11.1 Å². The number of benzene rings is 4.